The summed E-state index contributed by atoms with van der Waals surface area (Å²) in [5.41, 5.74) is 2.12. The van der Waals surface area contributed by atoms with Gasteiger partial charge in [-0.1, -0.05) is 0 Å². The summed E-state index contributed by atoms with van der Waals surface area (Å²) in [5.74, 6) is 0. The van der Waals surface area contributed by atoms with Crippen LogP contribution in [0.1, 0.15) is 5.69 Å². The Hall–Kier alpha value is -0.870. The minimum absolute atomic E-state index is 0.0481. The van der Waals surface area contributed by atoms with E-state index >= 15 is 0 Å². The van der Waals surface area contributed by atoms with E-state index in [4.69, 9.17) is 9.52 Å². The van der Waals surface area contributed by atoms with Crippen LogP contribution in [-0.4, -0.2) is 10.1 Å². The van der Waals surface area contributed by atoms with Gasteiger partial charge in [-0.2, -0.15) is 0 Å². The summed E-state index contributed by atoms with van der Waals surface area (Å²) in [6.07, 6.45) is 1.58. The first-order valence-electron chi connectivity index (χ1n) is 3.45. The van der Waals surface area contributed by atoms with Gasteiger partial charge >= 0.3 is 0 Å². The van der Waals surface area contributed by atoms with Crippen molar-refractivity contribution in [2.24, 2.45) is 0 Å². The first-order valence-corrected chi connectivity index (χ1v) is 4.24. The molecule has 2 rings (SSSR count). The number of fused-ring (bicyclic) bond motifs is 1. The van der Waals surface area contributed by atoms with E-state index in [-0.39, 0.29) is 6.61 Å². The molecule has 0 aromatic carbocycles. The van der Waals surface area contributed by atoms with Crippen LogP contribution in [0.4, 0.5) is 0 Å². The van der Waals surface area contributed by atoms with E-state index < -0.39 is 0 Å². The van der Waals surface area contributed by atoms with Crippen molar-refractivity contribution in [3.63, 3.8) is 0 Å². The van der Waals surface area contributed by atoms with E-state index in [1.807, 2.05) is 0 Å². The molecule has 0 aliphatic rings. The van der Waals surface area contributed by atoms with Gasteiger partial charge in [0.25, 0.3) is 0 Å². The van der Waals surface area contributed by atoms with Crippen molar-refractivity contribution in [2.75, 3.05) is 0 Å². The van der Waals surface area contributed by atoms with Crippen molar-refractivity contribution in [1.29, 1.82) is 0 Å². The second kappa shape index (κ2) is 2.88. The minimum Gasteiger partial charge on any atom is -0.461 e. The second-order valence-electron chi connectivity index (χ2n) is 2.39. The molecule has 12 heavy (non-hydrogen) atoms. The summed E-state index contributed by atoms with van der Waals surface area (Å²) in [5, 5.41) is 8.82. The third-order valence-corrected chi connectivity index (χ3v) is 2.16. The minimum atomic E-state index is -0.0481. The van der Waals surface area contributed by atoms with Gasteiger partial charge in [0.2, 0.25) is 0 Å². The molecule has 1 N–H and O–H groups in total. The van der Waals surface area contributed by atoms with Crippen LogP contribution in [-0.2, 0) is 6.61 Å². The van der Waals surface area contributed by atoms with Crippen molar-refractivity contribution in [1.82, 2.24) is 4.98 Å². The van der Waals surface area contributed by atoms with E-state index in [0.29, 0.717) is 5.69 Å². The van der Waals surface area contributed by atoms with Crippen molar-refractivity contribution >= 4 is 27.0 Å². The first kappa shape index (κ1) is 7.76. The summed E-state index contributed by atoms with van der Waals surface area (Å²) >= 11 is 3.29. The molecule has 0 atom stereocenters. The average molecular weight is 228 g/mol. The zero-order valence-corrected chi connectivity index (χ0v) is 7.71. The number of hydrogen-bond donors (Lipinski definition) is 1. The zero-order chi connectivity index (χ0) is 8.55. The number of aromatic nitrogens is 1. The number of aliphatic hydroxyl groups is 1. The van der Waals surface area contributed by atoms with Crippen LogP contribution in [0.3, 0.4) is 0 Å². The van der Waals surface area contributed by atoms with Crippen molar-refractivity contribution in [2.45, 2.75) is 6.61 Å². The Kier molecular flexibility index (Phi) is 1.86. The van der Waals surface area contributed by atoms with Crippen LogP contribution in [0, 0.1) is 0 Å². The van der Waals surface area contributed by atoms with Crippen LogP contribution in [0.15, 0.2) is 27.3 Å². The fraction of sp³-hybridized carbons (Fsp3) is 0.125. The number of hydrogen-bond acceptors (Lipinski definition) is 3. The second-order valence-corrected chi connectivity index (χ2v) is 3.25. The lowest BCUT2D eigenvalue weighted by atomic mass is 10.3. The number of rotatable bonds is 1. The normalized spacial score (nSPS) is 10.8. The molecule has 0 bridgehead atoms. The molecule has 0 aliphatic carbocycles. The van der Waals surface area contributed by atoms with Crippen LogP contribution < -0.4 is 0 Å². The molecule has 0 unspecified atom stereocenters. The monoisotopic (exact) mass is 227 g/mol. The standard InChI is InChI=1S/C8H6BrNO2/c9-6-4-12-7-2-1-5(3-11)10-8(6)7/h1-2,4,11H,3H2. The Balaban J connectivity index is 2.71. The average Bonchev–Trinajstić information content (AvgIpc) is 2.47. The Morgan fingerprint density at radius 3 is 3.08 bits per heavy atom. The van der Waals surface area contributed by atoms with Gasteiger partial charge in [0, 0.05) is 0 Å². The molecule has 0 spiro atoms. The summed E-state index contributed by atoms with van der Waals surface area (Å²) in [6, 6.07) is 3.52. The molecule has 0 amide bonds. The van der Waals surface area contributed by atoms with Crippen molar-refractivity contribution in [3.05, 3.63) is 28.6 Å². The van der Waals surface area contributed by atoms with E-state index in [0.717, 1.165) is 15.6 Å². The highest BCUT2D eigenvalue weighted by Crippen LogP contribution is 2.23. The van der Waals surface area contributed by atoms with Crippen molar-refractivity contribution < 1.29 is 9.52 Å². The van der Waals surface area contributed by atoms with Gasteiger partial charge in [-0.3, -0.25) is 0 Å². The highest BCUT2D eigenvalue weighted by Gasteiger charge is 2.04. The number of halogens is 1. The van der Waals surface area contributed by atoms with Gasteiger partial charge in [0.1, 0.15) is 11.8 Å². The molecule has 0 saturated carbocycles. The molecule has 0 fully saturated rings. The molecule has 2 aromatic rings. The van der Waals surface area contributed by atoms with Gasteiger partial charge in [-0.05, 0) is 28.1 Å². The van der Waals surface area contributed by atoms with Crippen molar-refractivity contribution in [3.8, 4) is 0 Å². The van der Waals surface area contributed by atoms with Gasteiger partial charge in [-0.25, -0.2) is 4.98 Å². The van der Waals surface area contributed by atoms with Crippen LogP contribution in [0.5, 0.6) is 0 Å². The predicted octanol–water partition coefficient (Wildman–Crippen LogP) is 2.08. The molecule has 62 valence electrons. The molecule has 2 heterocycles. The largest absolute Gasteiger partial charge is 0.461 e. The predicted molar refractivity (Wildman–Crippen MR) is 47.6 cm³/mol. The maximum Gasteiger partial charge on any atom is 0.153 e. The Labute approximate surface area is 77.2 Å². The van der Waals surface area contributed by atoms with Gasteiger partial charge < -0.3 is 9.52 Å². The fourth-order valence-electron chi connectivity index (χ4n) is 1.01. The maximum absolute atomic E-state index is 8.82. The van der Waals surface area contributed by atoms with Gasteiger partial charge in [0.05, 0.1) is 16.8 Å². The molecular weight excluding hydrogens is 222 g/mol. The number of aliphatic hydroxyl groups excluding tert-OH is 1. The smallest absolute Gasteiger partial charge is 0.153 e. The molecule has 2 aromatic heterocycles. The summed E-state index contributed by atoms with van der Waals surface area (Å²) in [6.45, 7) is -0.0481. The van der Waals surface area contributed by atoms with Crippen LogP contribution >= 0.6 is 15.9 Å². The zero-order valence-electron chi connectivity index (χ0n) is 6.12. The summed E-state index contributed by atoms with van der Waals surface area (Å²) in [4.78, 5) is 4.16. The third-order valence-electron chi connectivity index (χ3n) is 1.59. The molecule has 0 saturated heterocycles. The van der Waals surface area contributed by atoms with E-state index in [2.05, 4.69) is 20.9 Å². The number of nitrogens with zero attached hydrogens (tertiary/aromatic N) is 1. The maximum atomic E-state index is 8.82. The highest BCUT2D eigenvalue weighted by molar-refractivity contribution is 9.10. The Morgan fingerprint density at radius 1 is 1.50 bits per heavy atom. The topological polar surface area (TPSA) is 46.3 Å². The molecule has 4 heteroatoms. The Morgan fingerprint density at radius 2 is 2.33 bits per heavy atom. The lowest BCUT2D eigenvalue weighted by Crippen LogP contribution is -1.87. The SMILES string of the molecule is OCc1ccc2occ(Br)c2n1. The van der Waals surface area contributed by atoms with Crippen LogP contribution in [0.25, 0.3) is 11.1 Å². The summed E-state index contributed by atoms with van der Waals surface area (Å²) in [7, 11) is 0. The summed E-state index contributed by atoms with van der Waals surface area (Å²) < 4.78 is 5.97. The Bertz CT molecular complexity index is 410. The molecule has 0 radical (unpaired) electrons. The highest BCUT2D eigenvalue weighted by atomic mass is 79.9. The molecular formula is C8H6BrNO2. The fourth-order valence-corrected chi connectivity index (χ4v) is 1.39. The lowest BCUT2D eigenvalue weighted by molar-refractivity contribution is 0.277. The molecule has 0 aliphatic heterocycles. The lowest BCUT2D eigenvalue weighted by Gasteiger charge is -1.93. The van der Waals surface area contributed by atoms with Gasteiger partial charge in [-0.15, -0.1) is 0 Å². The molecule has 3 nitrogen and oxygen atoms in total. The van der Waals surface area contributed by atoms with Crippen LogP contribution in [0.2, 0.25) is 0 Å². The van der Waals surface area contributed by atoms with E-state index in [1.165, 1.54) is 0 Å². The third kappa shape index (κ3) is 1.13. The quantitative estimate of drug-likeness (QED) is 0.812. The number of pyridine rings is 1. The first-order chi connectivity index (χ1) is 5.81. The number of furan rings is 1. The van der Waals surface area contributed by atoms with E-state index in [1.54, 1.807) is 18.4 Å². The van der Waals surface area contributed by atoms with Gasteiger partial charge in [0.15, 0.2) is 5.58 Å². The van der Waals surface area contributed by atoms with E-state index in [9.17, 15) is 0 Å².